The quantitative estimate of drug-likeness (QED) is 0.712. The third kappa shape index (κ3) is 1.64. The lowest BCUT2D eigenvalue weighted by Gasteiger charge is -2.47. The molecule has 1 unspecified atom stereocenters. The molecule has 0 heterocycles. The highest BCUT2D eigenvalue weighted by Crippen LogP contribution is 2.51. The van der Waals surface area contributed by atoms with Crippen LogP contribution in [0.3, 0.4) is 0 Å². The molecule has 0 bridgehead atoms. The fourth-order valence-corrected chi connectivity index (χ4v) is 2.86. The Morgan fingerprint density at radius 3 is 2.50 bits per heavy atom. The van der Waals surface area contributed by atoms with Crippen LogP contribution in [0.2, 0.25) is 0 Å². The van der Waals surface area contributed by atoms with E-state index in [1.807, 2.05) is 0 Å². The van der Waals surface area contributed by atoms with Crippen molar-refractivity contribution in [1.82, 2.24) is 0 Å². The Hall–Kier alpha value is -0.920. The van der Waals surface area contributed by atoms with Crippen LogP contribution in [0.4, 0.5) is 8.78 Å². The molecule has 0 spiro atoms. The summed E-state index contributed by atoms with van der Waals surface area (Å²) in [5.41, 5.74) is 0.481. The minimum Gasteiger partial charge on any atom is -0.207 e. The lowest BCUT2D eigenvalue weighted by molar-refractivity contribution is 0.147. The van der Waals surface area contributed by atoms with Gasteiger partial charge in [0.2, 0.25) is 0 Å². The molecule has 1 aromatic carbocycles. The van der Waals surface area contributed by atoms with Crippen LogP contribution in [0.15, 0.2) is 18.2 Å². The molecule has 1 saturated carbocycles. The molecule has 2 rings (SSSR count). The van der Waals surface area contributed by atoms with Crippen molar-refractivity contribution in [3.8, 4) is 0 Å². The summed E-state index contributed by atoms with van der Waals surface area (Å²) in [4.78, 5) is 0. The highest BCUT2D eigenvalue weighted by atomic mass is 19.1. The minimum absolute atomic E-state index is 0.110. The van der Waals surface area contributed by atoms with Gasteiger partial charge in [-0.1, -0.05) is 26.7 Å². The fraction of sp³-hybridized carbons (Fsp3) is 0.571. The van der Waals surface area contributed by atoms with Crippen molar-refractivity contribution in [1.29, 1.82) is 0 Å². The molecule has 1 atom stereocenters. The summed E-state index contributed by atoms with van der Waals surface area (Å²) in [6, 6.07) is 3.84. The first kappa shape index (κ1) is 11.6. The maximum absolute atomic E-state index is 13.8. The van der Waals surface area contributed by atoms with Crippen molar-refractivity contribution < 1.29 is 8.78 Å². The molecule has 0 N–H and O–H groups in total. The molecule has 0 saturated heterocycles. The highest BCUT2D eigenvalue weighted by molar-refractivity contribution is 5.31. The molecule has 16 heavy (non-hydrogen) atoms. The van der Waals surface area contributed by atoms with Gasteiger partial charge in [-0.3, -0.25) is 0 Å². The Morgan fingerprint density at radius 2 is 2.00 bits per heavy atom. The van der Waals surface area contributed by atoms with E-state index in [9.17, 15) is 8.78 Å². The zero-order valence-corrected chi connectivity index (χ0v) is 9.89. The van der Waals surface area contributed by atoms with Crippen molar-refractivity contribution >= 4 is 0 Å². The number of halogens is 2. The fourth-order valence-electron chi connectivity index (χ4n) is 2.86. The molecule has 1 fully saturated rings. The van der Waals surface area contributed by atoms with Gasteiger partial charge < -0.3 is 0 Å². The van der Waals surface area contributed by atoms with E-state index < -0.39 is 0 Å². The highest BCUT2D eigenvalue weighted by Gasteiger charge is 2.44. The van der Waals surface area contributed by atoms with Crippen LogP contribution in [0, 0.1) is 17.6 Å². The molecule has 1 aliphatic rings. The monoisotopic (exact) mass is 224 g/mol. The third-order valence-corrected chi connectivity index (χ3v) is 4.27. The largest absolute Gasteiger partial charge is 0.207 e. The summed E-state index contributed by atoms with van der Waals surface area (Å²) in [5, 5.41) is 0. The van der Waals surface area contributed by atoms with Gasteiger partial charge >= 0.3 is 0 Å². The molecule has 0 aliphatic heterocycles. The van der Waals surface area contributed by atoms with Gasteiger partial charge in [-0.05, 0) is 42.5 Å². The van der Waals surface area contributed by atoms with Gasteiger partial charge in [-0.25, -0.2) is 8.78 Å². The van der Waals surface area contributed by atoms with Crippen LogP contribution >= 0.6 is 0 Å². The standard InChI is InChI=1S/C14H18F2/c1-3-10(2)14(7-4-8-14)12-9-11(15)5-6-13(12)16/h5-6,9-10H,3-4,7-8H2,1-2H3. The Labute approximate surface area is 95.7 Å². The summed E-state index contributed by atoms with van der Waals surface area (Å²) in [6.45, 7) is 4.26. The van der Waals surface area contributed by atoms with Crippen LogP contribution in [0.25, 0.3) is 0 Å². The summed E-state index contributed by atoms with van der Waals surface area (Å²) in [6.07, 6.45) is 4.11. The number of hydrogen-bond donors (Lipinski definition) is 0. The van der Waals surface area contributed by atoms with Crippen molar-refractivity contribution in [3.63, 3.8) is 0 Å². The van der Waals surface area contributed by atoms with Crippen LogP contribution in [-0.2, 0) is 5.41 Å². The minimum atomic E-state index is -0.328. The smallest absolute Gasteiger partial charge is 0.127 e. The maximum atomic E-state index is 13.8. The number of hydrogen-bond acceptors (Lipinski definition) is 0. The predicted octanol–water partition coefficient (Wildman–Crippen LogP) is 4.43. The van der Waals surface area contributed by atoms with Crippen LogP contribution < -0.4 is 0 Å². The zero-order valence-electron chi connectivity index (χ0n) is 9.89. The second-order valence-corrected chi connectivity index (χ2v) is 4.94. The average Bonchev–Trinajstić information content (AvgIpc) is 2.21. The Morgan fingerprint density at radius 1 is 1.31 bits per heavy atom. The van der Waals surface area contributed by atoms with Gasteiger partial charge in [0, 0.05) is 5.41 Å². The molecule has 0 radical (unpaired) electrons. The van der Waals surface area contributed by atoms with E-state index in [2.05, 4.69) is 13.8 Å². The lowest BCUT2D eigenvalue weighted by Crippen LogP contribution is -2.41. The van der Waals surface area contributed by atoms with E-state index in [1.54, 1.807) is 0 Å². The second-order valence-electron chi connectivity index (χ2n) is 4.94. The van der Waals surface area contributed by atoms with Crippen LogP contribution in [0.5, 0.6) is 0 Å². The van der Waals surface area contributed by atoms with Gasteiger partial charge in [-0.15, -0.1) is 0 Å². The van der Waals surface area contributed by atoms with Gasteiger partial charge in [0.1, 0.15) is 11.6 Å². The van der Waals surface area contributed by atoms with E-state index in [1.165, 1.54) is 18.2 Å². The maximum Gasteiger partial charge on any atom is 0.127 e. The molecule has 0 amide bonds. The topological polar surface area (TPSA) is 0 Å². The van der Waals surface area contributed by atoms with Gasteiger partial charge in [0.25, 0.3) is 0 Å². The van der Waals surface area contributed by atoms with Gasteiger partial charge in [-0.2, -0.15) is 0 Å². The first-order chi connectivity index (χ1) is 7.60. The van der Waals surface area contributed by atoms with E-state index in [0.717, 1.165) is 25.7 Å². The van der Waals surface area contributed by atoms with E-state index in [0.29, 0.717) is 11.5 Å². The number of benzene rings is 1. The zero-order chi connectivity index (χ0) is 11.8. The first-order valence-corrected chi connectivity index (χ1v) is 6.05. The summed E-state index contributed by atoms with van der Waals surface area (Å²) in [5.74, 6) is -0.162. The van der Waals surface area contributed by atoms with Crippen molar-refractivity contribution in [2.45, 2.75) is 44.9 Å². The van der Waals surface area contributed by atoms with E-state index >= 15 is 0 Å². The Bertz CT molecular complexity index is 380. The summed E-state index contributed by atoms with van der Waals surface area (Å²) >= 11 is 0. The molecule has 1 aromatic rings. The summed E-state index contributed by atoms with van der Waals surface area (Å²) in [7, 11) is 0. The molecular formula is C14H18F2. The Kier molecular flexibility index (Phi) is 3.00. The Balaban J connectivity index is 2.44. The molecule has 0 nitrogen and oxygen atoms in total. The van der Waals surface area contributed by atoms with Crippen molar-refractivity contribution in [3.05, 3.63) is 35.4 Å². The number of rotatable bonds is 3. The van der Waals surface area contributed by atoms with Gasteiger partial charge in [0.15, 0.2) is 0 Å². The predicted molar refractivity (Wildman–Crippen MR) is 61.3 cm³/mol. The molecule has 2 heteroatoms. The van der Waals surface area contributed by atoms with Gasteiger partial charge in [0.05, 0.1) is 0 Å². The van der Waals surface area contributed by atoms with Crippen molar-refractivity contribution in [2.24, 2.45) is 5.92 Å². The van der Waals surface area contributed by atoms with Crippen molar-refractivity contribution in [2.75, 3.05) is 0 Å². The molecular weight excluding hydrogens is 206 g/mol. The first-order valence-electron chi connectivity index (χ1n) is 6.05. The normalized spacial score (nSPS) is 20.2. The second kappa shape index (κ2) is 4.15. The average molecular weight is 224 g/mol. The van der Waals surface area contributed by atoms with E-state index in [-0.39, 0.29) is 17.0 Å². The lowest BCUT2D eigenvalue weighted by atomic mass is 9.57. The third-order valence-electron chi connectivity index (χ3n) is 4.27. The SMILES string of the molecule is CCC(C)C1(c2cc(F)ccc2F)CCC1. The van der Waals surface area contributed by atoms with Crippen LogP contribution in [-0.4, -0.2) is 0 Å². The molecule has 88 valence electrons. The summed E-state index contributed by atoms with van der Waals surface area (Å²) < 4.78 is 27.1. The van der Waals surface area contributed by atoms with Crippen LogP contribution in [0.1, 0.15) is 45.1 Å². The molecule has 0 aromatic heterocycles. The van der Waals surface area contributed by atoms with E-state index in [4.69, 9.17) is 0 Å². The molecule has 1 aliphatic carbocycles.